The molecule has 0 aliphatic heterocycles. The van der Waals surface area contributed by atoms with Gasteiger partial charge in [-0.15, -0.1) is 0 Å². The zero-order valence-electron chi connectivity index (χ0n) is 11.3. The van der Waals surface area contributed by atoms with Crippen LogP contribution >= 0.6 is 0 Å². The molecule has 22 heavy (non-hydrogen) atoms. The Balaban J connectivity index is 2.26. The molecule has 2 aromatic rings. The van der Waals surface area contributed by atoms with E-state index < -0.39 is 23.5 Å². The SMILES string of the molecule is FC(F)(F)c1ccccc1CCc1ccccc1C(F)(F)F. The van der Waals surface area contributed by atoms with Crippen LogP contribution in [0.3, 0.4) is 0 Å². The van der Waals surface area contributed by atoms with E-state index in [9.17, 15) is 26.3 Å². The molecule has 0 amide bonds. The van der Waals surface area contributed by atoms with E-state index in [1.54, 1.807) is 0 Å². The normalized spacial score (nSPS) is 12.5. The van der Waals surface area contributed by atoms with Crippen LogP contribution in [-0.4, -0.2) is 0 Å². The van der Waals surface area contributed by atoms with Crippen molar-refractivity contribution in [3.63, 3.8) is 0 Å². The van der Waals surface area contributed by atoms with Crippen molar-refractivity contribution in [3.8, 4) is 0 Å². The Hall–Kier alpha value is -1.98. The lowest BCUT2D eigenvalue weighted by atomic mass is 9.96. The average Bonchev–Trinajstić information content (AvgIpc) is 2.44. The lowest BCUT2D eigenvalue weighted by molar-refractivity contribution is -0.139. The van der Waals surface area contributed by atoms with Crippen molar-refractivity contribution in [2.45, 2.75) is 25.2 Å². The molecule has 0 fully saturated rings. The fourth-order valence-electron chi connectivity index (χ4n) is 2.30. The van der Waals surface area contributed by atoms with Crippen LogP contribution in [0.4, 0.5) is 26.3 Å². The van der Waals surface area contributed by atoms with Crippen LogP contribution in [0.2, 0.25) is 0 Å². The summed E-state index contributed by atoms with van der Waals surface area (Å²) in [4.78, 5) is 0. The Morgan fingerprint density at radius 1 is 0.545 bits per heavy atom. The van der Waals surface area contributed by atoms with E-state index in [1.165, 1.54) is 36.4 Å². The molecule has 0 aromatic heterocycles. The van der Waals surface area contributed by atoms with Gasteiger partial charge in [-0.3, -0.25) is 0 Å². The van der Waals surface area contributed by atoms with E-state index in [0.29, 0.717) is 0 Å². The molecule has 0 saturated carbocycles. The number of halogens is 6. The molecule has 0 radical (unpaired) electrons. The highest BCUT2D eigenvalue weighted by Crippen LogP contribution is 2.34. The summed E-state index contributed by atoms with van der Waals surface area (Å²) in [5.74, 6) is 0. The van der Waals surface area contributed by atoms with Gasteiger partial charge in [0.2, 0.25) is 0 Å². The van der Waals surface area contributed by atoms with Crippen molar-refractivity contribution in [1.82, 2.24) is 0 Å². The highest BCUT2D eigenvalue weighted by molar-refractivity contribution is 5.33. The molecule has 0 nitrogen and oxygen atoms in total. The molecule has 0 aliphatic carbocycles. The maximum atomic E-state index is 12.9. The molecule has 0 atom stereocenters. The Kier molecular flexibility index (Phi) is 4.49. The fourth-order valence-corrected chi connectivity index (χ4v) is 2.30. The second kappa shape index (κ2) is 6.02. The van der Waals surface area contributed by atoms with Crippen LogP contribution in [0.15, 0.2) is 48.5 Å². The van der Waals surface area contributed by atoms with E-state index in [2.05, 4.69) is 0 Å². The molecular weight excluding hydrogens is 306 g/mol. The molecule has 0 N–H and O–H groups in total. The molecule has 2 rings (SSSR count). The Morgan fingerprint density at radius 3 is 1.18 bits per heavy atom. The second-order valence-electron chi connectivity index (χ2n) is 4.81. The molecule has 0 saturated heterocycles. The first-order valence-corrected chi connectivity index (χ1v) is 6.50. The minimum absolute atomic E-state index is 0.00743. The van der Waals surface area contributed by atoms with Gasteiger partial charge >= 0.3 is 12.4 Å². The third kappa shape index (κ3) is 3.81. The smallest absolute Gasteiger partial charge is 0.166 e. The highest BCUT2D eigenvalue weighted by Gasteiger charge is 2.34. The zero-order valence-corrected chi connectivity index (χ0v) is 11.3. The van der Waals surface area contributed by atoms with Gasteiger partial charge in [0, 0.05) is 0 Å². The average molecular weight is 318 g/mol. The van der Waals surface area contributed by atoms with Crippen LogP contribution in [0.25, 0.3) is 0 Å². The van der Waals surface area contributed by atoms with Crippen LogP contribution in [0.5, 0.6) is 0 Å². The summed E-state index contributed by atoms with van der Waals surface area (Å²) in [7, 11) is 0. The van der Waals surface area contributed by atoms with Crippen LogP contribution in [0, 0.1) is 0 Å². The van der Waals surface area contributed by atoms with E-state index in [0.717, 1.165) is 12.1 Å². The summed E-state index contributed by atoms with van der Waals surface area (Å²) in [5, 5.41) is 0. The van der Waals surface area contributed by atoms with Crippen molar-refractivity contribution in [2.24, 2.45) is 0 Å². The van der Waals surface area contributed by atoms with Gasteiger partial charge in [0.15, 0.2) is 0 Å². The fraction of sp³-hybridized carbons (Fsp3) is 0.250. The van der Waals surface area contributed by atoms with Crippen molar-refractivity contribution >= 4 is 0 Å². The summed E-state index contributed by atoms with van der Waals surface area (Å²) in [6.45, 7) is 0. The quantitative estimate of drug-likeness (QED) is 0.655. The van der Waals surface area contributed by atoms with E-state index in [4.69, 9.17) is 0 Å². The predicted molar refractivity (Wildman–Crippen MR) is 70.3 cm³/mol. The maximum absolute atomic E-state index is 12.9. The second-order valence-corrected chi connectivity index (χ2v) is 4.81. The van der Waals surface area contributed by atoms with Crippen molar-refractivity contribution in [2.75, 3.05) is 0 Å². The number of rotatable bonds is 3. The zero-order chi connectivity index (χ0) is 16.4. The summed E-state index contributed by atoms with van der Waals surface area (Å²) in [6.07, 6.45) is -9.24. The van der Waals surface area contributed by atoms with Gasteiger partial charge in [-0.25, -0.2) is 0 Å². The molecule has 6 heteroatoms. The van der Waals surface area contributed by atoms with Gasteiger partial charge < -0.3 is 0 Å². The number of benzene rings is 2. The summed E-state index contributed by atoms with van der Waals surface area (Å²) < 4.78 is 77.2. The maximum Gasteiger partial charge on any atom is 0.416 e. The third-order valence-corrected chi connectivity index (χ3v) is 3.31. The van der Waals surface area contributed by atoms with E-state index in [-0.39, 0.29) is 24.0 Å². The standard InChI is InChI=1S/C16H12F6/c17-15(18,19)13-7-3-1-5-11(13)9-10-12-6-2-4-8-14(12)16(20,21)22/h1-8H,9-10H2. The van der Waals surface area contributed by atoms with Gasteiger partial charge in [-0.2, -0.15) is 26.3 Å². The van der Waals surface area contributed by atoms with Crippen molar-refractivity contribution < 1.29 is 26.3 Å². The molecule has 118 valence electrons. The highest BCUT2D eigenvalue weighted by atomic mass is 19.4. The molecule has 0 aliphatic rings. The van der Waals surface area contributed by atoms with Gasteiger partial charge in [0.05, 0.1) is 11.1 Å². The number of alkyl halides is 6. The minimum Gasteiger partial charge on any atom is -0.166 e. The van der Waals surface area contributed by atoms with Crippen LogP contribution in [0.1, 0.15) is 22.3 Å². The van der Waals surface area contributed by atoms with Crippen molar-refractivity contribution in [3.05, 3.63) is 70.8 Å². The van der Waals surface area contributed by atoms with Crippen LogP contribution in [-0.2, 0) is 25.2 Å². The van der Waals surface area contributed by atoms with Gasteiger partial charge in [-0.05, 0) is 36.1 Å². The summed E-state index contributed by atoms with van der Waals surface area (Å²) in [5.41, 5.74) is -1.63. The Bertz CT molecular complexity index is 582. The number of aryl methyl sites for hydroxylation is 2. The molecule has 2 aromatic carbocycles. The predicted octanol–water partition coefficient (Wildman–Crippen LogP) is 5.51. The molecule has 0 heterocycles. The molecule has 0 bridgehead atoms. The lowest BCUT2D eigenvalue weighted by Gasteiger charge is -2.15. The number of hydrogen-bond acceptors (Lipinski definition) is 0. The lowest BCUT2D eigenvalue weighted by Crippen LogP contribution is -2.12. The largest absolute Gasteiger partial charge is 0.416 e. The molecule has 0 unspecified atom stereocenters. The minimum atomic E-state index is -4.51. The third-order valence-electron chi connectivity index (χ3n) is 3.31. The van der Waals surface area contributed by atoms with Gasteiger partial charge in [-0.1, -0.05) is 36.4 Å². The Labute approximate surface area is 123 Å². The first kappa shape index (κ1) is 16.4. The first-order chi connectivity index (χ1) is 10.2. The Morgan fingerprint density at radius 2 is 0.864 bits per heavy atom. The first-order valence-electron chi connectivity index (χ1n) is 6.50. The topological polar surface area (TPSA) is 0 Å². The van der Waals surface area contributed by atoms with Crippen LogP contribution < -0.4 is 0 Å². The van der Waals surface area contributed by atoms with Crippen molar-refractivity contribution in [1.29, 1.82) is 0 Å². The van der Waals surface area contributed by atoms with E-state index in [1.807, 2.05) is 0 Å². The molecule has 0 spiro atoms. The summed E-state index contributed by atoms with van der Waals surface area (Å²) in [6, 6.07) is 9.86. The van der Waals surface area contributed by atoms with Gasteiger partial charge in [0.25, 0.3) is 0 Å². The molecular formula is C16H12F6. The number of hydrogen-bond donors (Lipinski definition) is 0. The van der Waals surface area contributed by atoms with Gasteiger partial charge in [0.1, 0.15) is 0 Å². The summed E-state index contributed by atoms with van der Waals surface area (Å²) >= 11 is 0. The monoisotopic (exact) mass is 318 g/mol. The van der Waals surface area contributed by atoms with E-state index >= 15 is 0 Å².